The molecule has 4 nitrogen and oxygen atoms in total. The number of hydrogen-bond donors (Lipinski definition) is 1. The smallest absolute Gasteiger partial charge is 0.312 e. The van der Waals surface area contributed by atoms with Crippen LogP contribution < -0.4 is 0 Å². The van der Waals surface area contributed by atoms with E-state index in [4.69, 9.17) is 0 Å². The molecule has 1 unspecified atom stereocenters. The molecule has 0 bridgehead atoms. The summed E-state index contributed by atoms with van der Waals surface area (Å²) in [5, 5.41) is 9.49. The molecule has 110 valence electrons. The Morgan fingerprint density at radius 1 is 1.19 bits per heavy atom. The molecule has 1 aromatic heterocycles. The molecule has 0 aliphatic rings. The van der Waals surface area contributed by atoms with Crippen molar-refractivity contribution < 1.29 is 9.90 Å². The summed E-state index contributed by atoms with van der Waals surface area (Å²) in [6, 6.07) is 15.2. The largest absolute Gasteiger partial charge is 0.481 e. The highest BCUT2D eigenvalue weighted by atomic mass is 16.4. The number of rotatable bonds is 7. The van der Waals surface area contributed by atoms with Crippen molar-refractivity contribution in [3.63, 3.8) is 0 Å². The highest BCUT2D eigenvalue weighted by molar-refractivity contribution is 5.76. The number of carboxylic acid groups (broad SMARTS) is 1. The third-order valence-corrected chi connectivity index (χ3v) is 3.50. The molecule has 1 atom stereocenters. The maximum absolute atomic E-state index is 11.6. The predicted octanol–water partition coefficient (Wildman–Crippen LogP) is 2.77. The van der Waals surface area contributed by atoms with Gasteiger partial charge < -0.3 is 5.11 Å². The summed E-state index contributed by atoms with van der Waals surface area (Å²) in [4.78, 5) is 18.0. The first-order valence-electron chi connectivity index (χ1n) is 7.10. The molecular weight excluding hydrogens is 264 g/mol. The number of likely N-dealkylation sites (N-methyl/N-ethyl adjacent to an activating group) is 1. The van der Waals surface area contributed by atoms with Gasteiger partial charge in [-0.05, 0) is 24.2 Å². The van der Waals surface area contributed by atoms with Crippen molar-refractivity contribution in [1.29, 1.82) is 0 Å². The normalized spacial score (nSPS) is 12.3. The third kappa shape index (κ3) is 4.39. The molecule has 0 radical (unpaired) electrons. The van der Waals surface area contributed by atoms with Gasteiger partial charge in [-0.2, -0.15) is 0 Å². The average Bonchev–Trinajstić information content (AvgIpc) is 2.52. The highest BCUT2D eigenvalue weighted by Gasteiger charge is 2.22. The molecule has 0 fully saturated rings. The van der Waals surface area contributed by atoms with E-state index in [9.17, 15) is 9.90 Å². The van der Waals surface area contributed by atoms with Gasteiger partial charge in [0.25, 0.3) is 0 Å². The minimum absolute atomic E-state index is 0.479. The van der Waals surface area contributed by atoms with Crippen molar-refractivity contribution in [2.45, 2.75) is 19.4 Å². The highest BCUT2D eigenvalue weighted by Crippen LogP contribution is 2.18. The predicted molar refractivity (Wildman–Crippen MR) is 82.0 cm³/mol. The zero-order chi connectivity index (χ0) is 15.1. The summed E-state index contributed by atoms with van der Waals surface area (Å²) in [6.45, 7) is 3.96. The van der Waals surface area contributed by atoms with Gasteiger partial charge in [0, 0.05) is 19.3 Å². The van der Waals surface area contributed by atoms with E-state index in [1.807, 2.05) is 55.5 Å². The molecule has 1 N–H and O–H groups in total. The van der Waals surface area contributed by atoms with Crippen LogP contribution in [0.1, 0.15) is 24.1 Å². The molecule has 0 saturated heterocycles. The Balaban J connectivity index is 2.09. The van der Waals surface area contributed by atoms with E-state index in [1.165, 1.54) is 0 Å². The number of carbonyl (C=O) groups is 1. The van der Waals surface area contributed by atoms with Gasteiger partial charge in [0.2, 0.25) is 0 Å². The van der Waals surface area contributed by atoms with Crippen molar-refractivity contribution in [2.24, 2.45) is 0 Å². The lowest BCUT2D eigenvalue weighted by atomic mass is 9.98. The maximum atomic E-state index is 11.6. The van der Waals surface area contributed by atoms with Gasteiger partial charge in [0.15, 0.2) is 0 Å². The molecule has 2 aromatic rings. The second-order valence-electron chi connectivity index (χ2n) is 4.95. The molecule has 1 heterocycles. The van der Waals surface area contributed by atoms with Gasteiger partial charge >= 0.3 is 5.97 Å². The van der Waals surface area contributed by atoms with Crippen LogP contribution in [0.25, 0.3) is 0 Å². The molecule has 0 aliphatic carbocycles. The average molecular weight is 284 g/mol. The topological polar surface area (TPSA) is 53.4 Å². The number of benzene rings is 1. The van der Waals surface area contributed by atoms with Gasteiger partial charge in [-0.1, -0.05) is 43.3 Å². The molecule has 2 rings (SSSR count). The van der Waals surface area contributed by atoms with Crippen LogP contribution in [0.15, 0.2) is 54.7 Å². The molecule has 21 heavy (non-hydrogen) atoms. The Hall–Kier alpha value is -2.20. The zero-order valence-electron chi connectivity index (χ0n) is 12.1. The van der Waals surface area contributed by atoms with Crippen LogP contribution in [0, 0.1) is 0 Å². The fraction of sp³-hybridized carbons (Fsp3) is 0.294. The SMILES string of the molecule is CCN(Cc1ccccn1)CC(C(=O)O)c1ccccc1. The van der Waals surface area contributed by atoms with Crippen molar-refractivity contribution in [3.8, 4) is 0 Å². The first kappa shape index (κ1) is 15.2. The van der Waals surface area contributed by atoms with Gasteiger partial charge in [0.1, 0.15) is 0 Å². The van der Waals surface area contributed by atoms with Crippen LogP contribution in [0.4, 0.5) is 0 Å². The molecule has 0 aliphatic heterocycles. The Bertz CT molecular complexity index is 558. The Labute approximate surface area is 125 Å². The summed E-state index contributed by atoms with van der Waals surface area (Å²) < 4.78 is 0. The lowest BCUT2D eigenvalue weighted by molar-refractivity contribution is -0.139. The van der Waals surface area contributed by atoms with E-state index < -0.39 is 11.9 Å². The Kier molecular flexibility index (Phi) is 5.46. The van der Waals surface area contributed by atoms with Crippen molar-refractivity contribution in [2.75, 3.05) is 13.1 Å². The van der Waals surface area contributed by atoms with Crippen LogP contribution in [-0.2, 0) is 11.3 Å². The number of carboxylic acids is 1. The van der Waals surface area contributed by atoms with Gasteiger partial charge in [-0.3, -0.25) is 14.7 Å². The number of aromatic nitrogens is 1. The van der Waals surface area contributed by atoms with Crippen LogP contribution in [0.3, 0.4) is 0 Å². The van der Waals surface area contributed by atoms with Crippen LogP contribution in [0.5, 0.6) is 0 Å². The van der Waals surface area contributed by atoms with E-state index >= 15 is 0 Å². The van der Waals surface area contributed by atoms with E-state index in [1.54, 1.807) is 6.20 Å². The zero-order valence-corrected chi connectivity index (χ0v) is 12.1. The van der Waals surface area contributed by atoms with Crippen molar-refractivity contribution in [3.05, 3.63) is 66.0 Å². The minimum atomic E-state index is -0.791. The lowest BCUT2D eigenvalue weighted by Crippen LogP contribution is -2.31. The molecule has 1 aromatic carbocycles. The van der Waals surface area contributed by atoms with Gasteiger partial charge in [-0.25, -0.2) is 0 Å². The van der Waals surface area contributed by atoms with Crippen molar-refractivity contribution in [1.82, 2.24) is 9.88 Å². The van der Waals surface area contributed by atoms with Crippen molar-refractivity contribution >= 4 is 5.97 Å². The minimum Gasteiger partial charge on any atom is -0.481 e. The number of nitrogens with zero attached hydrogens (tertiary/aromatic N) is 2. The second-order valence-corrected chi connectivity index (χ2v) is 4.95. The molecule has 0 saturated carbocycles. The van der Waals surface area contributed by atoms with Crippen LogP contribution >= 0.6 is 0 Å². The summed E-state index contributed by atoms with van der Waals surface area (Å²) in [5.41, 5.74) is 1.79. The number of pyridine rings is 1. The standard InChI is InChI=1S/C17H20N2O2/c1-2-19(12-15-10-6-7-11-18-15)13-16(17(20)21)14-8-4-3-5-9-14/h3-11,16H,2,12-13H2,1H3,(H,20,21). The van der Waals surface area contributed by atoms with E-state index in [2.05, 4.69) is 9.88 Å². The second kappa shape index (κ2) is 7.55. The quantitative estimate of drug-likeness (QED) is 0.849. The summed E-state index contributed by atoms with van der Waals surface area (Å²) >= 11 is 0. The van der Waals surface area contributed by atoms with E-state index in [0.717, 1.165) is 17.8 Å². The Morgan fingerprint density at radius 3 is 2.48 bits per heavy atom. The molecule has 0 spiro atoms. The van der Waals surface area contributed by atoms with E-state index in [-0.39, 0.29) is 0 Å². The molecule has 0 amide bonds. The number of aliphatic carboxylic acids is 1. The summed E-state index contributed by atoms with van der Waals surface area (Å²) in [7, 11) is 0. The summed E-state index contributed by atoms with van der Waals surface area (Å²) in [6.07, 6.45) is 1.76. The fourth-order valence-corrected chi connectivity index (χ4v) is 2.30. The first-order chi connectivity index (χ1) is 10.2. The van der Waals surface area contributed by atoms with E-state index in [0.29, 0.717) is 13.1 Å². The van der Waals surface area contributed by atoms with Gasteiger partial charge in [0.05, 0.1) is 11.6 Å². The monoisotopic (exact) mass is 284 g/mol. The van der Waals surface area contributed by atoms with Crippen LogP contribution in [0.2, 0.25) is 0 Å². The lowest BCUT2D eigenvalue weighted by Gasteiger charge is -2.24. The maximum Gasteiger partial charge on any atom is 0.312 e. The summed E-state index contributed by atoms with van der Waals surface area (Å²) in [5.74, 6) is -1.31. The third-order valence-electron chi connectivity index (χ3n) is 3.50. The Morgan fingerprint density at radius 2 is 1.90 bits per heavy atom. The molecule has 4 heteroatoms. The fourth-order valence-electron chi connectivity index (χ4n) is 2.30. The molecular formula is C17H20N2O2. The van der Waals surface area contributed by atoms with Gasteiger partial charge in [-0.15, -0.1) is 0 Å². The first-order valence-corrected chi connectivity index (χ1v) is 7.10. The van der Waals surface area contributed by atoms with Crippen LogP contribution in [-0.4, -0.2) is 34.0 Å². The number of hydrogen-bond acceptors (Lipinski definition) is 3.